The Kier molecular flexibility index (Phi) is 6.51. The highest BCUT2D eigenvalue weighted by atomic mass is 16.6. The molecule has 5 aliphatic rings. The third kappa shape index (κ3) is 3.81. The van der Waals surface area contributed by atoms with Gasteiger partial charge in [-0.2, -0.15) is 0 Å². The van der Waals surface area contributed by atoms with E-state index in [1.165, 1.54) is 12.5 Å². The standard InChI is InChI=1S/C32H44O7/c1-17(2)14-19(34)15-20-26-23(39-27(20)35)16-31(6)22-8-9-24-29(4,21(22)10-13-30(26,31)5)12-11-25(38-18(3)33)32(24,7)28(36)37/h8,14,20-21,23-26H,9-13,15-16H2,1-7H3,(H,36,37)/t20-,21?,23+,24-,25-,26-,29-,30+,31-,32+/m1/s1. The number of fused-ring (bicyclic) bond motifs is 7. The fourth-order valence-electron chi connectivity index (χ4n) is 10.1. The molecule has 7 nitrogen and oxygen atoms in total. The summed E-state index contributed by atoms with van der Waals surface area (Å²) in [5, 5.41) is 10.5. The predicted octanol–water partition coefficient (Wildman–Crippen LogP) is 5.66. The van der Waals surface area contributed by atoms with Crippen molar-refractivity contribution in [1.29, 1.82) is 0 Å². The van der Waals surface area contributed by atoms with Gasteiger partial charge in [0.2, 0.25) is 0 Å². The molecule has 0 radical (unpaired) electrons. The number of allylic oxidation sites excluding steroid dienone is 4. The fourth-order valence-corrected chi connectivity index (χ4v) is 10.1. The summed E-state index contributed by atoms with van der Waals surface area (Å²) < 4.78 is 11.6. The van der Waals surface area contributed by atoms with Crippen LogP contribution in [0.25, 0.3) is 0 Å². The van der Waals surface area contributed by atoms with Crippen molar-refractivity contribution in [2.75, 3.05) is 0 Å². The van der Waals surface area contributed by atoms with Gasteiger partial charge in [-0.25, -0.2) is 0 Å². The highest BCUT2D eigenvalue weighted by Crippen LogP contribution is 2.74. The number of ketones is 1. The van der Waals surface area contributed by atoms with Crippen molar-refractivity contribution < 1.29 is 33.8 Å². The molecule has 1 heterocycles. The maximum Gasteiger partial charge on any atom is 0.313 e. The smallest absolute Gasteiger partial charge is 0.313 e. The molecule has 5 rings (SSSR count). The molecule has 4 aliphatic carbocycles. The first-order valence-corrected chi connectivity index (χ1v) is 14.6. The molecule has 0 spiro atoms. The minimum Gasteiger partial charge on any atom is -0.481 e. The first kappa shape index (κ1) is 28.1. The second-order valence-corrected chi connectivity index (χ2v) is 14.2. The van der Waals surface area contributed by atoms with Gasteiger partial charge in [0.05, 0.1) is 5.92 Å². The average Bonchev–Trinajstić information content (AvgIpc) is 3.24. The minimum absolute atomic E-state index is 0.0131. The lowest BCUT2D eigenvalue weighted by Crippen LogP contribution is -2.61. The quantitative estimate of drug-likeness (QED) is 0.272. The van der Waals surface area contributed by atoms with E-state index in [-0.39, 0.29) is 58.3 Å². The first-order chi connectivity index (χ1) is 18.1. The van der Waals surface area contributed by atoms with Crippen LogP contribution < -0.4 is 0 Å². The van der Waals surface area contributed by atoms with E-state index in [1.54, 1.807) is 13.0 Å². The zero-order chi connectivity index (χ0) is 28.7. The van der Waals surface area contributed by atoms with Crippen LogP contribution in [0.15, 0.2) is 23.3 Å². The van der Waals surface area contributed by atoms with Crippen LogP contribution in [0.1, 0.15) is 93.4 Å². The lowest BCUT2D eigenvalue weighted by atomic mass is 9.40. The lowest BCUT2D eigenvalue weighted by Gasteiger charge is -2.63. The number of hydrogen-bond donors (Lipinski definition) is 1. The molecule has 0 amide bonds. The number of carbonyl (C=O) groups is 4. The fraction of sp³-hybridized carbons (Fsp3) is 0.750. The predicted molar refractivity (Wildman–Crippen MR) is 144 cm³/mol. The molecule has 3 saturated carbocycles. The number of carbonyl (C=O) groups excluding carboxylic acids is 3. The zero-order valence-electron chi connectivity index (χ0n) is 24.5. The van der Waals surface area contributed by atoms with Crippen molar-refractivity contribution in [2.45, 2.75) is 106 Å². The molecule has 1 N–H and O–H groups in total. The van der Waals surface area contributed by atoms with E-state index in [2.05, 4.69) is 26.8 Å². The Morgan fingerprint density at radius 1 is 1.10 bits per heavy atom. The van der Waals surface area contributed by atoms with Crippen molar-refractivity contribution in [3.05, 3.63) is 23.3 Å². The molecule has 0 aromatic carbocycles. The van der Waals surface area contributed by atoms with Gasteiger partial charge >= 0.3 is 17.9 Å². The Bertz CT molecular complexity index is 1180. The molecule has 214 valence electrons. The molecule has 4 fully saturated rings. The second kappa shape index (κ2) is 9.04. The van der Waals surface area contributed by atoms with Gasteiger partial charge in [0.1, 0.15) is 17.6 Å². The van der Waals surface area contributed by atoms with Crippen LogP contribution in [0, 0.1) is 45.3 Å². The molecule has 0 aromatic rings. The highest BCUT2D eigenvalue weighted by molar-refractivity contribution is 5.93. The molecule has 1 saturated heterocycles. The number of carboxylic acid groups (broad SMARTS) is 1. The van der Waals surface area contributed by atoms with Gasteiger partial charge in [-0.15, -0.1) is 0 Å². The van der Waals surface area contributed by atoms with Gasteiger partial charge in [-0.05, 0) is 93.5 Å². The van der Waals surface area contributed by atoms with Crippen molar-refractivity contribution in [3.63, 3.8) is 0 Å². The molecule has 0 aromatic heterocycles. The Morgan fingerprint density at radius 3 is 2.41 bits per heavy atom. The molecule has 1 aliphatic heterocycles. The van der Waals surface area contributed by atoms with E-state index in [9.17, 15) is 24.3 Å². The van der Waals surface area contributed by atoms with E-state index >= 15 is 0 Å². The monoisotopic (exact) mass is 540 g/mol. The maximum absolute atomic E-state index is 13.0. The molecule has 0 bridgehead atoms. The highest BCUT2D eigenvalue weighted by Gasteiger charge is 2.72. The van der Waals surface area contributed by atoms with Crippen molar-refractivity contribution in [2.24, 2.45) is 45.3 Å². The number of rotatable bonds is 5. The molecule has 1 unspecified atom stereocenters. The van der Waals surface area contributed by atoms with Gasteiger partial charge in [0.15, 0.2) is 5.78 Å². The number of esters is 2. The topological polar surface area (TPSA) is 107 Å². The Morgan fingerprint density at radius 2 is 1.79 bits per heavy atom. The van der Waals surface area contributed by atoms with Crippen LogP contribution in [0.2, 0.25) is 0 Å². The van der Waals surface area contributed by atoms with Crippen LogP contribution in [0.5, 0.6) is 0 Å². The summed E-state index contributed by atoms with van der Waals surface area (Å²) in [5.74, 6) is -1.98. The Balaban J connectivity index is 1.51. The van der Waals surface area contributed by atoms with Crippen molar-refractivity contribution in [3.8, 4) is 0 Å². The van der Waals surface area contributed by atoms with Crippen molar-refractivity contribution >= 4 is 23.7 Å². The summed E-state index contributed by atoms with van der Waals surface area (Å²) in [4.78, 5) is 50.4. The lowest BCUT2D eigenvalue weighted by molar-refractivity contribution is -0.194. The third-order valence-electron chi connectivity index (χ3n) is 12.1. The first-order valence-electron chi connectivity index (χ1n) is 14.6. The second-order valence-electron chi connectivity index (χ2n) is 14.2. The number of aliphatic carboxylic acids is 1. The average molecular weight is 541 g/mol. The van der Waals surface area contributed by atoms with Crippen LogP contribution in [-0.4, -0.2) is 41.0 Å². The van der Waals surface area contributed by atoms with Gasteiger partial charge < -0.3 is 14.6 Å². The SMILES string of the molecule is CC(=O)O[C@@H]1CC[C@]2(C)C3CC[C@@]4(C)[C@H]5[C@H](C[C@]4(C)C3=CC[C@H]2[C@]1(C)C(=O)O)OC(=O)[C@@H]5CC(=O)C=C(C)C. The molecular formula is C32H44O7. The summed E-state index contributed by atoms with van der Waals surface area (Å²) in [6.45, 7) is 13.8. The largest absolute Gasteiger partial charge is 0.481 e. The summed E-state index contributed by atoms with van der Waals surface area (Å²) in [5.41, 5.74) is 0.498. The summed E-state index contributed by atoms with van der Waals surface area (Å²) in [6.07, 6.45) is 7.76. The molecule has 39 heavy (non-hydrogen) atoms. The Labute approximate surface area is 231 Å². The summed E-state index contributed by atoms with van der Waals surface area (Å²) in [7, 11) is 0. The van der Waals surface area contributed by atoms with E-state index in [1.807, 2.05) is 13.8 Å². The summed E-state index contributed by atoms with van der Waals surface area (Å²) in [6, 6.07) is 0. The number of hydrogen-bond acceptors (Lipinski definition) is 6. The maximum atomic E-state index is 13.0. The molecule has 7 heteroatoms. The van der Waals surface area contributed by atoms with Crippen molar-refractivity contribution in [1.82, 2.24) is 0 Å². The van der Waals surface area contributed by atoms with E-state index in [0.717, 1.165) is 31.3 Å². The number of ether oxygens (including phenoxy) is 2. The Hall–Kier alpha value is -2.44. The normalized spacial score (nSPS) is 46.0. The van der Waals surface area contributed by atoms with E-state index in [0.29, 0.717) is 12.8 Å². The van der Waals surface area contributed by atoms with Crippen LogP contribution in [0.4, 0.5) is 0 Å². The zero-order valence-corrected chi connectivity index (χ0v) is 24.5. The van der Waals surface area contributed by atoms with Gasteiger partial charge in [-0.3, -0.25) is 19.2 Å². The van der Waals surface area contributed by atoms with Gasteiger partial charge in [-0.1, -0.05) is 38.0 Å². The van der Waals surface area contributed by atoms with Crippen LogP contribution >= 0.6 is 0 Å². The van der Waals surface area contributed by atoms with Crippen LogP contribution in [0.3, 0.4) is 0 Å². The number of carboxylic acids is 1. The van der Waals surface area contributed by atoms with Crippen LogP contribution in [-0.2, 0) is 28.7 Å². The molecule has 10 atom stereocenters. The van der Waals surface area contributed by atoms with Gasteiger partial charge in [0.25, 0.3) is 0 Å². The van der Waals surface area contributed by atoms with E-state index < -0.39 is 29.4 Å². The summed E-state index contributed by atoms with van der Waals surface area (Å²) >= 11 is 0. The van der Waals surface area contributed by atoms with Gasteiger partial charge in [0, 0.05) is 19.3 Å². The molecular weight excluding hydrogens is 496 g/mol. The minimum atomic E-state index is -1.17. The van der Waals surface area contributed by atoms with E-state index in [4.69, 9.17) is 9.47 Å². The third-order valence-corrected chi connectivity index (χ3v) is 12.1.